The number of rotatable bonds is 4. The van der Waals surface area contributed by atoms with Crippen LogP contribution >= 0.6 is 0 Å². The Morgan fingerprint density at radius 1 is 1.50 bits per heavy atom. The molecule has 0 heterocycles. The average Bonchev–Trinajstić information content (AvgIpc) is 2.11. The van der Waals surface area contributed by atoms with Crippen LogP contribution in [0.2, 0.25) is 0 Å². The Balaban J connectivity index is 4.21. The van der Waals surface area contributed by atoms with Gasteiger partial charge in [-0.05, 0) is 11.8 Å². The van der Waals surface area contributed by atoms with E-state index in [2.05, 4.69) is 5.32 Å². The molecule has 0 aliphatic rings. The first kappa shape index (κ1) is 13.4. The van der Waals surface area contributed by atoms with E-state index in [-0.39, 0.29) is 24.0 Å². The minimum Gasteiger partial charge on any atom is -0.394 e. The zero-order chi connectivity index (χ0) is 11.4. The number of nitrogens with two attached hydrogens (primary N) is 1. The van der Waals surface area contributed by atoms with Gasteiger partial charge in [-0.25, -0.2) is 0 Å². The largest absolute Gasteiger partial charge is 0.394 e. The third-order valence-corrected chi connectivity index (χ3v) is 2.28. The maximum Gasteiger partial charge on any atom is 0.237 e. The minimum absolute atomic E-state index is 0.0426. The number of amides is 1. The van der Waals surface area contributed by atoms with Crippen molar-refractivity contribution < 1.29 is 9.90 Å². The standard InChI is InChI=1S/C10H22N2O2/c1-5-7(6-13)12-9(14)8(11)10(2,3)4/h7-8,13H,5-6,11H2,1-4H3,(H,12,14)/t7-,8+/m0/s1. The molecule has 0 aliphatic carbocycles. The monoisotopic (exact) mass is 202 g/mol. The smallest absolute Gasteiger partial charge is 0.237 e. The van der Waals surface area contributed by atoms with E-state index in [1.807, 2.05) is 27.7 Å². The van der Waals surface area contributed by atoms with Gasteiger partial charge in [-0.1, -0.05) is 27.7 Å². The Hall–Kier alpha value is -0.610. The first-order chi connectivity index (χ1) is 6.32. The molecule has 0 aliphatic heterocycles. The summed E-state index contributed by atoms with van der Waals surface area (Å²) in [5, 5.41) is 11.6. The molecule has 14 heavy (non-hydrogen) atoms. The lowest BCUT2D eigenvalue weighted by Gasteiger charge is -2.27. The van der Waals surface area contributed by atoms with Gasteiger partial charge in [-0.3, -0.25) is 4.79 Å². The summed E-state index contributed by atoms with van der Waals surface area (Å²) in [6.07, 6.45) is 0.707. The molecular formula is C10H22N2O2. The molecule has 0 bridgehead atoms. The van der Waals surface area contributed by atoms with Crippen molar-refractivity contribution in [2.24, 2.45) is 11.1 Å². The molecule has 0 rings (SSSR count). The van der Waals surface area contributed by atoms with Gasteiger partial charge in [0.1, 0.15) is 0 Å². The third-order valence-electron chi connectivity index (χ3n) is 2.28. The minimum atomic E-state index is -0.539. The molecule has 0 aromatic rings. The van der Waals surface area contributed by atoms with E-state index in [0.717, 1.165) is 0 Å². The normalized spacial score (nSPS) is 16.1. The Kier molecular flexibility index (Phi) is 5.08. The van der Waals surface area contributed by atoms with Gasteiger partial charge in [0.2, 0.25) is 5.91 Å². The number of hydrogen-bond acceptors (Lipinski definition) is 3. The Morgan fingerprint density at radius 3 is 2.29 bits per heavy atom. The number of carbonyl (C=O) groups excluding carboxylic acids is 1. The Bertz CT molecular complexity index is 183. The maximum atomic E-state index is 11.6. The van der Waals surface area contributed by atoms with Gasteiger partial charge in [0.15, 0.2) is 0 Å². The lowest BCUT2D eigenvalue weighted by molar-refractivity contribution is -0.125. The van der Waals surface area contributed by atoms with Gasteiger partial charge < -0.3 is 16.2 Å². The highest BCUT2D eigenvalue weighted by molar-refractivity contribution is 5.82. The maximum absolute atomic E-state index is 11.6. The van der Waals surface area contributed by atoms with Crippen LogP contribution < -0.4 is 11.1 Å². The number of aliphatic hydroxyl groups excluding tert-OH is 1. The van der Waals surface area contributed by atoms with Crippen molar-refractivity contribution in [3.05, 3.63) is 0 Å². The first-order valence-corrected chi connectivity index (χ1v) is 4.99. The number of nitrogens with one attached hydrogen (secondary N) is 1. The molecular weight excluding hydrogens is 180 g/mol. The zero-order valence-corrected chi connectivity index (χ0v) is 9.50. The van der Waals surface area contributed by atoms with Crippen molar-refractivity contribution in [3.63, 3.8) is 0 Å². The summed E-state index contributed by atoms with van der Waals surface area (Å²) in [7, 11) is 0. The Labute approximate surface area is 85.9 Å². The van der Waals surface area contributed by atoms with Crippen molar-refractivity contribution in [2.75, 3.05) is 6.61 Å². The molecule has 0 radical (unpaired) electrons. The molecule has 0 aromatic carbocycles. The van der Waals surface area contributed by atoms with Crippen LogP contribution in [0, 0.1) is 5.41 Å². The third kappa shape index (κ3) is 4.07. The van der Waals surface area contributed by atoms with Gasteiger partial charge >= 0.3 is 0 Å². The van der Waals surface area contributed by atoms with Crippen LogP contribution in [0.3, 0.4) is 0 Å². The van der Waals surface area contributed by atoms with Gasteiger partial charge in [0, 0.05) is 0 Å². The second-order valence-electron chi connectivity index (χ2n) is 4.64. The van der Waals surface area contributed by atoms with Crippen LogP contribution in [0.25, 0.3) is 0 Å². The molecule has 4 N–H and O–H groups in total. The molecule has 0 unspecified atom stereocenters. The fraction of sp³-hybridized carbons (Fsp3) is 0.900. The van der Waals surface area contributed by atoms with Crippen LogP contribution in [0.1, 0.15) is 34.1 Å². The van der Waals surface area contributed by atoms with E-state index < -0.39 is 6.04 Å². The van der Waals surface area contributed by atoms with E-state index in [1.54, 1.807) is 0 Å². The molecule has 2 atom stereocenters. The highest BCUT2D eigenvalue weighted by atomic mass is 16.3. The molecule has 0 aromatic heterocycles. The van der Waals surface area contributed by atoms with Crippen molar-refractivity contribution in [1.82, 2.24) is 5.32 Å². The van der Waals surface area contributed by atoms with E-state index in [0.29, 0.717) is 6.42 Å². The van der Waals surface area contributed by atoms with Crippen molar-refractivity contribution in [2.45, 2.75) is 46.2 Å². The predicted molar refractivity (Wildman–Crippen MR) is 56.7 cm³/mol. The van der Waals surface area contributed by atoms with E-state index in [1.165, 1.54) is 0 Å². The molecule has 0 spiro atoms. The molecule has 0 saturated carbocycles. The topological polar surface area (TPSA) is 75.3 Å². The van der Waals surface area contributed by atoms with Crippen LogP contribution in [0.4, 0.5) is 0 Å². The van der Waals surface area contributed by atoms with Crippen molar-refractivity contribution in [3.8, 4) is 0 Å². The lowest BCUT2D eigenvalue weighted by atomic mass is 9.87. The van der Waals surface area contributed by atoms with Gasteiger partial charge in [-0.15, -0.1) is 0 Å². The number of carbonyl (C=O) groups is 1. The van der Waals surface area contributed by atoms with Crippen LogP contribution in [-0.4, -0.2) is 29.7 Å². The van der Waals surface area contributed by atoms with E-state index in [9.17, 15) is 4.79 Å². The summed E-state index contributed by atoms with van der Waals surface area (Å²) < 4.78 is 0. The number of aliphatic hydroxyl groups is 1. The fourth-order valence-corrected chi connectivity index (χ4v) is 0.961. The van der Waals surface area contributed by atoms with Crippen LogP contribution in [-0.2, 0) is 4.79 Å². The fourth-order valence-electron chi connectivity index (χ4n) is 0.961. The van der Waals surface area contributed by atoms with Gasteiger partial charge in [0.25, 0.3) is 0 Å². The van der Waals surface area contributed by atoms with Crippen molar-refractivity contribution in [1.29, 1.82) is 0 Å². The second-order valence-corrected chi connectivity index (χ2v) is 4.64. The number of hydrogen-bond donors (Lipinski definition) is 3. The van der Waals surface area contributed by atoms with E-state index in [4.69, 9.17) is 10.8 Å². The predicted octanol–water partition coefficient (Wildman–Crippen LogP) is 0.247. The Morgan fingerprint density at radius 2 is 2.00 bits per heavy atom. The van der Waals surface area contributed by atoms with Crippen LogP contribution in [0.5, 0.6) is 0 Å². The van der Waals surface area contributed by atoms with Crippen molar-refractivity contribution >= 4 is 5.91 Å². The molecule has 0 saturated heterocycles. The highest BCUT2D eigenvalue weighted by Gasteiger charge is 2.28. The quantitative estimate of drug-likeness (QED) is 0.611. The summed E-state index contributed by atoms with van der Waals surface area (Å²) in [6.45, 7) is 7.61. The molecule has 0 fully saturated rings. The molecule has 4 nitrogen and oxygen atoms in total. The molecule has 1 amide bonds. The summed E-state index contributed by atoms with van der Waals surface area (Å²) in [4.78, 5) is 11.6. The zero-order valence-electron chi connectivity index (χ0n) is 9.50. The lowest BCUT2D eigenvalue weighted by Crippen LogP contribution is -2.52. The molecule has 84 valence electrons. The first-order valence-electron chi connectivity index (χ1n) is 4.99. The van der Waals surface area contributed by atoms with Gasteiger partial charge in [0.05, 0.1) is 18.7 Å². The summed E-state index contributed by atoms with van der Waals surface area (Å²) in [5.41, 5.74) is 5.51. The summed E-state index contributed by atoms with van der Waals surface area (Å²) >= 11 is 0. The SMILES string of the molecule is CC[C@@H](CO)NC(=O)[C@@H](N)C(C)(C)C. The summed E-state index contributed by atoms with van der Waals surface area (Å²) in [5.74, 6) is -0.196. The van der Waals surface area contributed by atoms with E-state index >= 15 is 0 Å². The molecule has 4 heteroatoms. The van der Waals surface area contributed by atoms with Crippen LogP contribution in [0.15, 0.2) is 0 Å². The summed E-state index contributed by atoms with van der Waals surface area (Å²) in [6, 6.07) is -0.723. The second kappa shape index (κ2) is 5.32. The van der Waals surface area contributed by atoms with Gasteiger partial charge in [-0.2, -0.15) is 0 Å². The average molecular weight is 202 g/mol. The highest BCUT2D eigenvalue weighted by Crippen LogP contribution is 2.17.